The average molecular weight is 331 g/mol. The van der Waals surface area contributed by atoms with Crippen molar-refractivity contribution in [3.63, 3.8) is 0 Å². The first-order chi connectivity index (χ1) is 11.6. The van der Waals surface area contributed by atoms with E-state index in [1.807, 2.05) is 12.1 Å². The number of hydrogen-bond donors (Lipinski definition) is 1. The Morgan fingerprint density at radius 3 is 2.08 bits per heavy atom. The van der Waals surface area contributed by atoms with E-state index in [1.54, 1.807) is 12.1 Å². The molecule has 1 amide bonds. The van der Waals surface area contributed by atoms with Crippen molar-refractivity contribution < 1.29 is 9.90 Å². The standard InChI is InChI=1S/C19H29N3O2/c1-16(19(24)22-10-4-2-3-5-11-22)20-12-14-21(15-13-20)17-6-8-18(23)9-7-17/h6-9,16,23H,2-5,10-15H2,1H3/t16-/m1/s1. The van der Waals surface area contributed by atoms with E-state index in [-0.39, 0.29) is 6.04 Å². The Hall–Kier alpha value is -1.75. The highest BCUT2D eigenvalue weighted by Gasteiger charge is 2.29. The van der Waals surface area contributed by atoms with Crippen molar-refractivity contribution in [2.24, 2.45) is 0 Å². The van der Waals surface area contributed by atoms with Gasteiger partial charge < -0.3 is 14.9 Å². The summed E-state index contributed by atoms with van der Waals surface area (Å²) in [5, 5.41) is 9.41. The molecular weight excluding hydrogens is 302 g/mol. The zero-order valence-electron chi connectivity index (χ0n) is 14.7. The first-order valence-corrected chi connectivity index (χ1v) is 9.22. The Morgan fingerprint density at radius 2 is 1.50 bits per heavy atom. The number of piperazine rings is 1. The van der Waals surface area contributed by atoms with Crippen LogP contribution in [0.15, 0.2) is 24.3 Å². The second-order valence-corrected chi connectivity index (χ2v) is 6.95. The van der Waals surface area contributed by atoms with Gasteiger partial charge in [-0.05, 0) is 44.0 Å². The third-order valence-electron chi connectivity index (χ3n) is 5.35. The minimum absolute atomic E-state index is 0.0231. The maximum atomic E-state index is 12.8. The lowest BCUT2D eigenvalue weighted by Gasteiger charge is -2.39. The largest absolute Gasteiger partial charge is 0.508 e. The Balaban J connectivity index is 1.53. The number of anilines is 1. The highest BCUT2D eigenvalue weighted by molar-refractivity contribution is 5.81. The van der Waals surface area contributed by atoms with Gasteiger partial charge in [-0.1, -0.05) is 12.8 Å². The SMILES string of the molecule is C[C@H](C(=O)N1CCCCCC1)N1CCN(c2ccc(O)cc2)CC1. The minimum atomic E-state index is -0.0231. The van der Waals surface area contributed by atoms with Gasteiger partial charge in [-0.15, -0.1) is 0 Å². The molecule has 5 heteroatoms. The Kier molecular flexibility index (Phi) is 5.61. The second kappa shape index (κ2) is 7.88. The molecule has 2 heterocycles. The molecule has 0 bridgehead atoms. The second-order valence-electron chi connectivity index (χ2n) is 6.95. The summed E-state index contributed by atoms with van der Waals surface area (Å²) in [4.78, 5) is 19.5. The molecule has 1 N–H and O–H groups in total. The van der Waals surface area contributed by atoms with E-state index in [0.717, 1.165) is 57.8 Å². The molecule has 0 unspecified atom stereocenters. The van der Waals surface area contributed by atoms with Crippen LogP contribution in [-0.2, 0) is 4.79 Å². The van der Waals surface area contributed by atoms with Crippen LogP contribution in [0, 0.1) is 0 Å². The molecule has 0 aliphatic carbocycles. The van der Waals surface area contributed by atoms with Crippen LogP contribution in [0.2, 0.25) is 0 Å². The number of amides is 1. The fraction of sp³-hybridized carbons (Fsp3) is 0.632. The zero-order chi connectivity index (χ0) is 16.9. The van der Waals surface area contributed by atoms with Crippen molar-refractivity contribution in [1.82, 2.24) is 9.80 Å². The van der Waals surface area contributed by atoms with Crippen molar-refractivity contribution in [2.75, 3.05) is 44.2 Å². The van der Waals surface area contributed by atoms with Crippen molar-refractivity contribution in [1.29, 1.82) is 0 Å². The number of carbonyl (C=O) groups is 1. The highest BCUT2D eigenvalue weighted by atomic mass is 16.3. The third kappa shape index (κ3) is 4.01. The van der Waals surface area contributed by atoms with Gasteiger partial charge in [0.25, 0.3) is 0 Å². The Labute approximate surface area is 144 Å². The maximum absolute atomic E-state index is 12.8. The molecule has 132 valence electrons. The topological polar surface area (TPSA) is 47.0 Å². The van der Waals surface area contributed by atoms with Gasteiger partial charge in [0.2, 0.25) is 5.91 Å². The van der Waals surface area contributed by atoms with Gasteiger partial charge in [-0.2, -0.15) is 0 Å². The molecule has 24 heavy (non-hydrogen) atoms. The lowest BCUT2D eigenvalue weighted by Crippen LogP contribution is -2.54. The first-order valence-electron chi connectivity index (χ1n) is 9.22. The normalized spacial score (nSPS) is 21.4. The summed E-state index contributed by atoms with van der Waals surface area (Å²) in [6.07, 6.45) is 4.80. The fourth-order valence-corrected chi connectivity index (χ4v) is 3.74. The molecule has 2 saturated heterocycles. The molecule has 2 aliphatic rings. The molecule has 2 aliphatic heterocycles. The maximum Gasteiger partial charge on any atom is 0.239 e. The van der Waals surface area contributed by atoms with Crippen molar-refractivity contribution in [3.05, 3.63) is 24.3 Å². The van der Waals surface area contributed by atoms with Crippen LogP contribution in [0.5, 0.6) is 5.75 Å². The summed E-state index contributed by atoms with van der Waals surface area (Å²) in [6, 6.07) is 7.35. The molecule has 0 radical (unpaired) electrons. The third-order valence-corrected chi connectivity index (χ3v) is 5.35. The monoisotopic (exact) mass is 331 g/mol. The van der Waals surface area contributed by atoms with Crippen molar-refractivity contribution in [3.8, 4) is 5.75 Å². The Bertz CT molecular complexity index is 530. The minimum Gasteiger partial charge on any atom is -0.508 e. The molecule has 2 fully saturated rings. The van der Waals surface area contributed by atoms with E-state index >= 15 is 0 Å². The summed E-state index contributed by atoms with van der Waals surface area (Å²) in [6.45, 7) is 7.56. The summed E-state index contributed by atoms with van der Waals surface area (Å²) >= 11 is 0. The molecule has 1 aromatic carbocycles. The van der Waals surface area contributed by atoms with Gasteiger partial charge >= 0.3 is 0 Å². The van der Waals surface area contributed by atoms with Crippen LogP contribution in [0.4, 0.5) is 5.69 Å². The average Bonchev–Trinajstić information content (AvgIpc) is 2.91. The van der Waals surface area contributed by atoms with Crippen LogP contribution < -0.4 is 4.90 Å². The van der Waals surface area contributed by atoms with Gasteiger partial charge in [0, 0.05) is 45.0 Å². The van der Waals surface area contributed by atoms with E-state index in [9.17, 15) is 9.90 Å². The summed E-state index contributed by atoms with van der Waals surface area (Å²) in [5.41, 5.74) is 1.14. The van der Waals surface area contributed by atoms with Gasteiger partial charge in [0.1, 0.15) is 5.75 Å². The Morgan fingerprint density at radius 1 is 0.917 bits per heavy atom. The molecule has 0 spiro atoms. The smallest absolute Gasteiger partial charge is 0.239 e. The van der Waals surface area contributed by atoms with Crippen LogP contribution >= 0.6 is 0 Å². The first kappa shape index (κ1) is 17.1. The number of phenols is 1. The van der Waals surface area contributed by atoms with E-state index < -0.39 is 0 Å². The van der Waals surface area contributed by atoms with Crippen LogP contribution in [0.1, 0.15) is 32.6 Å². The van der Waals surface area contributed by atoms with E-state index in [1.165, 1.54) is 12.8 Å². The lowest BCUT2D eigenvalue weighted by atomic mass is 10.1. The molecule has 0 aromatic heterocycles. The molecule has 5 nitrogen and oxygen atoms in total. The number of carbonyl (C=O) groups excluding carboxylic acids is 1. The zero-order valence-corrected chi connectivity index (χ0v) is 14.7. The highest BCUT2D eigenvalue weighted by Crippen LogP contribution is 2.21. The predicted octanol–water partition coefficient (Wildman–Crippen LogP) is 2.31. The number of likely N-dealkylation sites (tertiary alicyclic amines) is 1. The van der Waals surface area contributed by atoms with Gasteiger partial charge in [0.15, 0.2) is 0 Å². The van der Waals surface area contributed by atoms with Gasteiger partial charge in [-0.3, -0.25) is 9.69 Å². The van der Waals surface area contributed by atoms with Crippen molar-refractivity contribution >= 4 is 11.6 Å². The number of benzene rings is 1. The summed E-state index contributed by atoms with van der Waals surface area (Å²) in [7, 11) is 0. The van der Waals surface area contributed by atoms with Crippen molar-refractivity contribution in [2.45, 2.75) is 38.6 Å². The van der Waals surface area contributed by atoms with Crippen LogP contribution in [0.3, 0.4) is 0 Å². The quantitative estimate of drug-likeness (QED) is 0.923. The molecule has 1 aromatic rings. The summed E-state index contributed by atoms with van der Waals surface area (Å²) < 4.78 is 0. The predicted molar refractivity (Wildman–Crippen MR) is 96.4 cm³/mol. The number of rotatable bonds is 3. The van der Waals surface area contributed by atoms with E-state index in [0.29, 0.717) is 11.7 Å². The number of phenolic OH excluding ortho intramolecular Hbond substituents is 1. The van der Waals surface area contributed by atoms with Crippen LogP contribution in [0.25, 0.3) is 0 Å². The van der Waals surface area contributed by atoms with Gasteiger partial charge in [-0.25, -0.2) is 0 Å². The van der Waals surface area contributed by atoms with E-state index in [4.69, 9.17) is 0 Å². The fourth-order valence-electron chi connectivity index (χ4n) is 3.74. The molecular formula is C19H29N3O2. The number of hydrogen-bond acceptors (Lipinski definition) is 4. The summed E-state index contributed by atoms with van der Waals surface area (Å²) in [5.74, 6) is 0.601. The lowest BCUT2D eigenvalue weighted by molar-refractivity contribution is -0.136. The molecule has 0 saturated carbocycles. The van der Waals surface area contributed by atoms with Crippen LogP contribution in [-0.4, -0.2) is 66.1 Å². The van der Waals surface area contributed by atoms with Gasteiger partial charge in [0.05, 0.1) is 6.04 Å². The molecule has 1 atom stereocenters. The number of aromatic hydroxyl groups is 1. The number of nitrogens with zero attached hydrogens (tertiary/aromatic N) is 3. The molecule has 3 rings (SSSR count). The van der Waals surface area contributed by atoms with E-state index in [2.05, 4.69) is 21.6 Å².